The standard InChI is InChI=1S/C19H19F2N3O/c1-2-3-12-24-13-10-15(11-14-24)8-9-16-6-4-5-7-17(16)22-23-19(25)18(20)21/h1,4-7,10-11,13-14,18,22H,3,8-9,12H2/p+1. The first kappa shape index (κ1) is 18.4. The molecule has 2 rings (SSSR count). The van der Waals surface area contributed by atoms with Crippen LogP contribution in [-0.4, -0.2) is 12.3 Å². The number of benzene rings is 1. The van der Waals surface area contributed by atoms with Crippen LogP contribution in [-0.2, 0) is 24.2 Å². The molecule has 4 nitrogen and oxygen atoms in total. The second-order valence-electron chi connectivity index (χ2n) is 5.47. The monoisotopic (exact) mass is 344 g/mol. The van der Waals surface area contributed by atoms with Crippen molar-refractivity contribution in [2.45, 2.75) is 32.2 Å². The highest BCUT2D eigenvalue weighted by Crippen LogP contribution is 2.16. The number of halogens is 2. The molecule has 2 aromatic rings. The minimum Gasteiger partial charge on any atom is -0.298 e. The van der Waals surface area contributed by atoms with Crippen LogP contribution in [0.1, 0.15) is 17.5 Å². The number of hydrazine groups is 1. The summed E-state index contributed by atoms with van der Waals surface area (Å²) in [5.41, 5.74) is 7.26. The molecule has 0 atom stereocenters. The maximum atomic E-state index is 12.2. The molecule has 2 N–H and O–H groups in total. The lowest BCUT2D eigenvalue weighted by Gasteiger charge is -2.12. The third-order valence-corrected chi connectivity index (χ3v) is 3.69. The summed E-state index contributed by atoms with van der Waals surface area (Å²) in [4.78, 5) is 11.0. The highest BCUT2D eigenvalue weighted by molar-refractivity contribution is 5.80. The van der Waals surface area contributed by atoms with Gasteiger partial charge in [0.15, 0.2) is 18.9 Å². The van der Waals surface area contributed by atoms with Gasteiger partial charge in [0.2, 0.25) is 0 Å². The van der Waals surface area contributed by atoms with Crippen LogP contribution in [0.3, 0.4) is 0 Å². The Labute approximate surface area is 145 Å². The van der Waals surface area contributed by atoms with Crippen molar-refractivity contribution in [3.05, 3.63) is 59.9 Å². The number of rotatable bonds is 8. The van der Waals surface area contributed by atoms with Gasteiger partial charge in [0.1, 0.15) is 0 Å². The van der Waals surface area contributed by atoms with Crippen LogP contribution in [0.4, 0.5) is 14.5 Å². The quantitative estimate of drug-likeness (QED) is 0.439. The molecule has 6 heteroatoms. The fourth-order valence-corrected chi connectivity index (χ4v) is 2.32. The van der Waals surface area contributed by atoms with Gasteiger partial charge in [-0.2, -0.15) is 8.78 Å². The van der Waals surface area contributed by atoms with E-state index in [0.717, 1.165) is 24.1 Å². The number of amides is 1. The number of para-hydroxylation sites is 1. The normalized spacial score (nSPS) is 10.3. The number of nitrogens with zero attached hydrogens (tertiary/aromatic N) is 1. The van der Waals surface area contributed by atoms with E-state index in [0.29, 0.717) is 18.5 Å². The second kappa shape index (κ2) is 9.38. The molecule has 0 spiro atoms. The molecule has 0 saturated heterocycles. The van der Waals surface area contributed by atoms with E-state index in [2.05, 4.69) is 11.3 Å². The molecule has 0 radical (unpaired) electrons. The smallest absolute Gasteiger partial charge is 0.298 e. The highest BCUT2D eigenvalue weighted by atomic mass is 19.3. The van der Waals surface area contributed by atoms with E-state index in [1.54, 1.807) is 12.1 Å². The lowest BCUT2D eigenvalue weighted by Crippen LogP contribution is -2.34. The molecule has 0 unspecified atom stereocenters. The largest absolute Gasteiger partial charge is 0.317 e. The van der Waals surface area contributed by atoms with Crippen molar-refractivity contribution in [2.75, 3.05) is 5.43 Å². The van der Waals surface area contributed by atoms with Gasteiger partial charge in [-0.1, -0.05) is 18.2 Å². The van der Waals surface area contributed by atoms with E-state index in [-0.39, 0.29) is 0 Å². The number of nitrogens with one attached hydrogen (secondary N) is 2. The lowest BCUT2D eigenvalue weighted by atomic mass is 10.0. The molecule has 0 saturated carbocycles. The summed E-state index contributed by atoms with van der Waals surface area (Å²) in [6, 6.07) is 11.3. The number of carbonyl (C=O) groups excluding carboxylic acids is 1. The van der Waals surface area contributed by atoms with Crippen molar-refractivity contribution in [2.24, 2.45) is 0 Å². The van der Waals surface area contributed by atoms with Gasteiger partial charge in [0.25, 0.3) is 0 Å². The van der Waals surface area contributed by atoms with Crippen molar-refractivity contribution in [3.8, 4) is 12.3 Å². The van der Waals surface area contributed by atoms with Gasteiger partial charge in [-0.15, -0.1) is 12.3 Å². The van der Waals surface area contributed by atoms with Crippen molar-refractivity contribution in [1.29, 1.82) is 0 Å². The minimum atomic E-state index is -3.05. The first-order chi connectivity index (χ1) is 12.1. The zero-order chi connectivity index (χ0) is 18.1. The zero-order valence-corrected chi connectivity index (χ0v) is 13.7. The first-order valence-electron chi connectivity index (χ1n) is 7.93. The predicted molar refractivity (Wildman–Crippen MR) is 91.7 cm³/mol. The molecule has 0 aliphatic carbocycles. The summed E-state index contributed by atoms with van der Waals surface area (Å²) in [5, 5.41) is 0. The molecule has 0 bridgehead atoms. The summed E-state index contributed by atoms with van der Waals surface area (Å²) < 4.78 is 26.5. The predicted octanol–water partition coefficient (Wildman–Crippen LogP) is 2.49. The number of hydrogen-bond acceptors (Lipinski definition) is 2. The molecule has 0 aliphatic rings. The maximum Gasteiger partial charge on any atom is 0.317 e. The number of alkyl halides is 2. The van der Waals surface area contributed by atoms with E-state index in [9.17, 15) is 13.6 Å². The van der Waals surface area contributed by atoms with Gasteiger partial charge < -0.3 is 0 Å². The lowest BCUT2D eigenvalue weighted by molar-refractivity contribution is -0.696. The summed E-state index contributed by atoms with van der Waals surface area (Å²) in [7, 11) is 0. The van der Waals surface area contributed by atoms with E-state index in [1.807, 2.05) is 46.7 Å². The van der Waals surface area contributed by atoms with E-state index < -0.39 is 12.3 Å². The van der Waals surface area contributed by atoms with Crippen LogP contribution in [0.5, 0.6) is 0 Å². The van der Waals surface area contributed by atoms with Crippen LogP contribution < -0.4 is 15.4 Å². The van der Waals surface area contributed by atoms with Crippen molar-refractivity contribution in [1.82, 2.24) is 5.43 Å². The third kappa shape index (κ3) is 5.88. The van der Waals surface area contributed by atoms with Gasteiger partial charge in [0.05, 0.1) is 12.1 Å². The average Bonchev–Trinajstić information content (AvgIpc) is 2.64. The topological polar surface area (TPSA) is 45.0 Å². The third-order valence-electron chi connectivity index (χ3n) is 3.69. The Kier molecular flexibility index (Phi) is 6.90. The van der Waals surface area contributed by atoms with Gasteiger partial charge >= 0.3 is 12.3 Å². The van der Waals surface area contributed by atoms with Crippen LogP contribution >= 0.6 is 0 Å². The molecular weight excluding hydrogens is 324 g/mol. The fourth-order valence-electron chi connectivity index (χ4n) is 2.32. The molecule has 0 aliphatic heterocycles. The number of aryl methyl sites for hydroxylation is 3. The minimum absolute atomic E-state index is 0.608. The molecule has 1 aromatic heterocycles. The molecule has 1 heterocycles. The first-order valence-corrected chi connectivity index (χ1v) is 7.93. The summed E-state index contributed by atoms with van der Waals surface area (Å²) in [6.07, 6.45) is 8.36. The molecule has 0 fully saturated rings. The average molecular weight is 344 g/mol. The number of pyridine rings is 1. The number of aromatic nitrogens is 1. The number of terminal acetylenes is 1. The highest BCUT2D eigenvalue weighted by Gasteiger charge is 2.14. The fraction of sp³-hybridized carbons (Fsp3) is 0.263. The Morgan fingerprint density at radius 2 is 1.88 bits per heavy atom. The van der Waals surface area contributed by atoms with E-state index >= 15 is 0 Å². The van der Waals surface area contributed by atoms with E-state index in [4.69, 9.17) is 6.42 Å². The van der Waals surface area contributed by atoms with Gasteiger partial charge in [-0.25, -0.2) is 4.57 Å². The molecule has 130 valence electrons. The SMILES string of the molecule is C#CCC[n+]1ccc(CCc2ccccc2NNC(=O)C(F)F)cc1. The Bertz CT molecular complexity index is 739. The van der Waals surface area contributed by atoms with Crippen molar-refractivity contribution >= 4 is 11.6 Å². The molecule has 1 aromatic carbocycles. The summed E-state index contributed by atoms with van der Waals surface area (Å²) in [5.74, 6) is 1.25. The summed E-state index contributed by atoms with van der Waals surface area (Å²) >= 11 is 0. The second-order valence-corrected chi connectivity index (χ2v) is 5.47. The Morgan fingerprint density at radius 3 is 2.56 bits per heavy atom. The maximum absolute atomic E-state index is 12.2. The van der Waals surface area contributed by atoms with Crippen LogP contribution in [0.15, 0.2) is 48.8 Å². The Morgan fingerprint density at radius 1 is 1.16 bits per heavy atom. The number of anilines is 1. The van der Waals surface area contributed by atoms with Gasteiger partial charge in [-0.3, -0.25) is 15.6 Å². The van der Waals surface area contributed by atoms with E-state index in [1.165, 1.54) is 0 Å². The molecule has 1 amide bonds. The van der Waals surface area contributed by atoms with Crippen LogP contribution in [0.2, 0.25) is 0 Å². The Hall–Kier alpha value is -2.94. The van der Waals surface area contributed by atoms with Crippen LogP contribution in [0.25, 0.3) is 0 Å². The van der Waals surface area contributed by atoms with Crippen LogP contribution in [0, 0.1) is 12.3 Å². The number of carbonyl (C=O) groups is 1. The number of hydrogen-bond donors (Lipinski definition) is 2. The summed E-state index contributed by atoms with van der Waals surface area (Å²) in [6.45, 7) is 0.785. The van der Waals surface area contributed by atoms with Crippen molar-refractivity contribution < 1.29 is 18.1 Å². The van der Waals surface area contributed by atoms with Gasteiger partial charge in [-0.05, 0) is 30.0 Å². The van der Waals surface area contributed by atoms with Gasteiger partial charge in [0, 0.05) is 12.1 Å². The molecule has 25 heavy (non-hydrogen) atoms. The zero-order valence-electron chi connectivity index (χ0n) is 13.7. The Balaban J connectivity index is 1.94. The van der Waals surface area contributed by atoms with Crippen molar-refractivity contribution in [3.63, 3.8) is 0 Å². The molecular formula is C19H20F2N3O+.